The highest BCUT2D eigenvalue weighted by Crippen LogP contribution is 2.40. The second-order valence-electron chi connectivity index (χ2n) is 18.2. The standard InChI is InChI=1S/C48H56O29/c49-12-24-30(58)34(62)38(66)46(70-24)75-41-27(15-52)73-45(39(67)37(41)65)68-19-10-22(56)29-23(11-19)69-40(17-3-5-18(53)6-4-17)42(33(29)61)76-48-44(36(64)32(60)26(14-51)72-48)77-47-43(35(63)31(59)25(13-50)71-47)74-28(57)8-2-16-1-7-20(54)21(55)9-16/h1-11,24-27,30-32,34-39,41,43-56,58-60,62-67H,12-15H2/b8-2+/t24-,25+,26-,27+,30-,31-,32-,34+,35+,36+,37-,38-,39-,41-,43+,44+,45-,46+,47+,48+/m1/s1. The summed E-state index contributed by atoms with van der Waals surface area (Å²) >= 11 is 0. The van der Waals surface area contributed by atoms with Crippen LogP contribution in [0.2, 0.25) is 0 Å². The van der Waals surface area contributed by atoms with Gasteiger partial charge in [0.2, 0.25) is 23.8 Å². The van der Waals surface area contributed by atoms with Crippen LogP contribution in [-0.4, -0.2) is 242 Å². The Morgan fingerprint density at radius 1 is 0.519 bits per heavy atom. The van der Waals surface area contributed by atoms with Crippen LogP contribution in [0.4, 0.5) is 0 Å². The molecule has 77 heavy (non-hydrogen) atoms. The van der Waals surface area contributed by atoms with Gasteiger partial charge in [-0.3, -0.25) is 4.79 Å². The van der Waals surface area contributed by atoms with Gasteiger partial charge in [-0.25, -0.2) is 4.79 Å². The van der Waals surface area contributed by atoms with Gasteiger partial charge in [0.15, 0.2) is 42.0 Å². The number of ether oxygens (including phenoxy) is 9. The largest absolute Gasteiger partial charge is 0.508 e. The van der Waals surface area contributed by atoms with Crippen LogP contribution in [0.3, 0.4) is 0 Å². The number of rotatable bonds is 16. The van der Waals surface area contributed by atoms with Crippen molar-refractivity contribution in [3.8, 4) is 45.8 Å². The number of phenolic OH excluding ortho intramolecular Hbond substituents is 4. The van der Waals surface area contributed by atoms with Crippen molar-refractivity contribution >= 4 is 23.0 Å². The minimum Gasteiger partial charge on any atom is -0.508 e. The minimum absolute atomic E-state index is 0.0263. The monoisotopic (exact) mass is 1100 g/mol. The van der Waals surface area contributed by atoms with Gasteiger partial charge in [-0.2, -0.15) is 0 Å². The molecule has 0 amide bonds. The first-order valence-corrected chi connectivity index (χ1v) is 23.5. The highest BCUT2D eigenvalue weighted by molar-refractivity contribution is 5.89. The molecule has 1 aromatic heterocycles. The van der Waals surface area contributed by atoms with E-state index in [1.165, 1.54) is 30.3 Å². The van der Waals surface area contributed by atoms with Gasteiger partial charge in [-0.1, -0.05) is 6.07 Å². The average Bonchev–Trinajstić information content (AvgIpc) is 3.41. The highest BCUT2D eigenvalue weighted by atomic mass is 16.8. The van der Waals surface area contributed by atoms with Crippen molar-refractivity contribution in [2.45, 2.75) is 123 Å². The second-order valence-corrected chi connectivity index (χ2v) is 18.2. The predicted molar refractivity (Wildman–Crippen MR) is 248 cm³/mol. The molecule has 0 aliphatic carbocycles. The second kappa shape index (κ2) is 24.0. The molecular formula is C48H56O29. The molecule has 3 aromatic carbocycles. The Morgan fingerprint density at radius 3 is 1.69 bits per heavy atom. The number of benzene rings is 3. The lowest BCUT2D eigenvalue weighted by Crippen LogP contribution is -2.65. The van der Waals surface area contributed by atoms with Gasteiger partial charge < -0.3 is 134 Å². The molecule has 4 aliphatic rings. The van der Waals surface area contributed by atoms with Gasteiger partial charge in [0.05, 0.1) is 26.4 Å². The third-order valence-electron chi connectivity index (χ3n) is 13.1. The third-order valence-corrected chi connectivity index (χ3v) is 13.1. The number of phenols is 4. The molecule has 0 unspecified atom stereocenters. The molecule has 422 valence electrons. The number of esters is 1. The van der Waals surface area contributed by atoms with Gasteiger partial charge in [-0.15, -0.1) is 0 Å². The zero-order valence-corrected chi connectivity index (χ0v) is 39.7. The third kappa shape index (κ3) is 11.8. The Bertz CT molecular complexity index is 2750. The molecule has 5 heterocycles. The van der Waals surface area contributed by atoms with Crippen LogP contribution in [0.15, 0.2) is 69.9 Å². The maximum atomic E-state index is 14.7. The maximum Gasteiger partial charge on any atom is 0.331 e. The van der Waals surface area contributed by atoms with Gasteiger partial charge in [0.25, 0.3) is 0 Å². The minimum atomic E-state index is -2.17. The summed E-state index contributed by atoms with van der Waals surface area (Å²) in [5, 5.41) is 178. The molecule has 4 fully saturated rings. The van der Waals surface area contributed by atoms with E-state index in [0.29, 0.717) is 0 Å². The van der Waals surface area contributed by atoms with E-state index in [0.717, 1.165) is 36.4 Å². The first-order valence-electron chi connectivity index (χ1n) is 23.5. The number of fused-ring (bicyclic) bond motifs is 1. The zero-order chi connectivity index (χ0) is 55.7. The van der Waals surface area contributed by atoms with Crippen LogP contribution in [0, 0.1) is 0 Å². The maximum absolute atomic E-state index is 14.7. The Balaban J connectivity index is 1.10. The first-order chi connectivity index (χ1) is 36.7. The summed E-state index contributed by atoms with van der Waals surface area (Å²) < 4.78 is 57.5. The fraction of sp³-hybridized carbons (Fsp3) is 0.500. The van der Waals surface area contributed by atoms with Crippen molar-refractivity contribution in [1.29, 1.82) is 0 Å². The van der Waals surface area contributed by atoms with Gasteiger partial charge in [0, 0.05) is 23.8 Å². The molecule has 29 nitrogen and oxygen atoms in total. The Labute approximate surface area is 432 Å². The molecule has 4 aliphatic heterocycles. The molecule has 8 rings (SSSR count). The number of aromatic hydroxyl groups is 4. The fourth-order valence-electron chi connectivity index (χ4n) is 8.86. The van der Waals surface area contributed by atoms with Crippen molar-refractivity contribution in [1.82, 2.24) is 0 Å². The molecular weight excluding hydrogens is 1040 g/mol. The van der Waals surface area contributed by atoms with E-state index < -0.39 is 206 Å². The SMILES string of the molecule is O=C(/C=C/c1ccc(O)c(O)c1)O[C@@H]1[C@H](O[C@@H]2[C@H](Oc3c(-c4ccc(O)cc4)oc4cc(O[C@@H]5O[C@@H](CO)[C@@H](O[C@@H]6O[C@H](CO)[C@@H](O)[C@H](O)[C@H]6O)[C@H](O)[C@H]5O)cc(O)c4c3=O)O[C@H](CO)[C@@H](O)[C@@H]2O)O[C@@H](CO)[C@@H](O)[C@@H]1O. The first kappa shape index (κ1) is 57.3. The highest BCUT2D eigenvalue weighted by Gasteiger charge is 2.54. The topological polar surface area (TPSA) is 474 Å². The predicted octanol–water partition coefficient (Wildman–Crippen LogP) is -5.45. The normalized spacial score (nSPS) is 35.7. The Morgan fingerprint density at radius 2 is 1.06 bits per heavy atom. The van der Waals surface area contributed by atoms with E-state index in [9.17, 15) is 96.4 Å². The van der Waals surface area contributed by atoms with E-state index in [1.807, 2.05) is 0 Å². The van der Waals surface area contributed by atoms with Crippen molar-refractivity contribution < 1.29 is 139 Å². The summed E-state index contributed by atoms with van der Waals surface area (Å²) in [6.07, 6.45) is -36.0. The molecule has 29 heteroatoms. The number of hydrogen-bond donors (Lipinski definition) is 17. The molecule has 17 N–H and O–H groups in total. The van der Waals surface area contributed by atoms with Crippen LogP contribution in [-0.2, 0) is 38.0 Å². The van der Waals surface area contributed by atoms with Gasteiger partial charge >= 0.3 is 5.97 Å². The molecule has 20 atom stereocenters. The Kier molecular flexibility index (Phi) is 17.9. The summed E-state index contributed by atoms with van der Waals surface area (Å²) in [4.78, 5) is 27.8. The van der Waals surface area contributed by atoms with Crippen LogP contribution >= 0.6 is 0 Å². The number of hydrogen-bond acceptors (Lipinski definition) is 29. The molecule has 4 aromatic rings. The number of aliphatic hydroxyl groups excluding tert-OH is 13. The summed E-state index contributed by atoms with van der Waals surface area (Å²) in [5.41, 5.74) is -1.51. The number of carbonyl (C=O) groups is 1. The summed E-state index contributed by atoms with van der Waals surface area (Å²) in [6.45, 7) is -3.71. The summed E-state index contributed by atoms with van der Waals surface area (Å²) in [7, 11) is 0. The van der Waals surface area contributed by atoms with Crippen LogP contribution in [0.25, 0.3) is 28.4 Å². The van der Waals surface area contributed by atoms with Crippen LogP contribution < -0.4 is 14.9 Å². The molecule has 0 bridgehead atoms. The van der Waals surface area contributed by atoms with Crippen molar-refractivity contribution in [3.05, 3.63) is 76.5 Å². The van der Waals surface area contributed by atoms with Crippen molar-refractivity contribution in [3.63, 3.8) is 0 Å². The average molecular weight is 1100 g/mol. The molecule has 4 saturated heterocycles. The Hall–Kier alpha value is -5.88. The lowest BCUT2D eigenvalue weighted by molar-refractivity contribution is -0.358. The molecule has 0 saturated carbocycles. The van der Waals surface area contributed by atoms with Crippen molar-refractivity contribution in [2.24, 2.45) is 0 Å². The fourth-order valence-corrected chi connectivity index (χ4v) is 8.86. The zero-order valence-electron chi connectivity index (χ0n) is 39.7. The van der Waals surface area contributed by atoms with E-state index in [-0.39, 0.29) is 16.9 Å². The lowest BCUT2D eigenvalue weighted by Gasteiger charge is -2.46. The van der Waals surface area contributed by atoms with Gasteiger partial charge in [-0.05, 0) is 48.0 Å². The van der Waals surface area contributed by atoms with Crippen LogP contribution in [0.5, 0.6) is 34.5 Å². The van der Waals surface area contributed by atoms with Gasteiger partial charge in [0.1, 0.15) is 114 Å². The van der Waals surface area contributed by atoms with E-state index in [2.05, 4.69) is 0 Å². The smallest absolute Gasteiger partial charge is 0.331 e. The number of aliphatic hydroxyl groups is 13. The summed E-state index contributed by atoms with van der Waals surface area (Å²) in [6, 6.07) is 10.2. The molecule has 0 radical (unpaired) electrons. The van der Waals surface area contributed by atoms with E-state index >= 15 is 0 Å². The lowest BCUT2D eigenvalue weighted by atomic mass is 9.97. The van der Waals surface area contributed by atoms with Crippen molar-refractivity contribution in [2.75, 3.05) is 26.4 Å². The quantitative estimate of drug-likeness (QED) is 0.0283. The number of carbonyl (C=O) groups excluding carboxylic acids is 1. The van der Waals surface area contributed by atoms with Crippen LogP contribution in [0.1, 0.15) is 5.56 Å². The van der Waals surface area contributed by atoms with E-state index in [4.69, 9.17) is 47.0 Å². The summed E-state index contributed by atoms with van der Waals surface area (Å²) in [5.74, 6) is -5.12. The van der Waals surface area contributed by atoms with E-state index in [1.54, 1.807) is 0 Å². The molecule has 0 spiro atoms.